The molecule has 94 valence electrons. The van der Waals surface area contributed by atoms with Crippen molar-refractivity contribution in [2.75, 3.05) is 7.11 Å². The van der Waals surface area contributed by atoms with Crippen LogP contribution in [-0.4, -0.2) is 24.7 Å². The summed E-state index contributed by atoms with van der Waals surface area (Å²) in [7, 11) is 1.44. The van der Waals surface area contributed by atoms with E-state index >= 15 is 0 Å². The topological polar surface area (TPSA) is 38.3 Å². The summed E-state index contributed by atoms with van der Waals surface area (Å²) >= 11 is 0. The predicted molar refractivity (Wildman–Crippen MR) is 65.3 cm³/mol. The molecule has 1 unspecified atom stereocenters. The number of ether oxygens (including phenoxy) is 1. The molecule has 1 rings (SSSR count). The van der Waals surface area contributed by atoms with E-state index in [0.29, 0.717) is 12.0 Å². The van der Waals surface area contributed by atoms with Gasteiger partial charge in [-0.05, 0) is 39.5 Å². The van der Waals surface area contributed by atoms with Gasteiger partial charge in [0.2, 0.25) is 0 Å². The number of methoxy groups -OCH3 is 1. The molecule has 0 aliphatic heterocycles. The first-order valence-corrected chi connectivity index (χ1v) is 6.33. The highest BCUT2D eigenvalue weighted by Crippen LogP contribution is 2.27. The second-order valence-electron chi connectivity index (χ2n) is 5.45. The van der Waals surface area contributed by atoms with E-state index in [0.717, 1.165) is 0 Å². The van der Waals surface area contributed by atoms with Crippen LogP contribution in [0.3, 0.4) is 0 Å². The van der Waals surface area contributed by atoms with Gasteiger partial charge in [0, 0.05) is 6.04 Å². The molecule has 0 amide bonds. The average Bonchev–Trinajstić information content (AvgIpc) is 2.28. The Balaban J connectivity index is 2.48. The Morgan fingerprint density at radius 3 is 2.38 bits per heavy atom. The van der Waals surface area contributed by atoms with Crippen LogP contribution in [0.1, 0.15) is 52.9 Å². The van der Waals surface area contributed by atoms with Crippen LogP contribution in [0.4, 0.5) is 0 Å². The van der Waals surface area contributed by atoms with Crippen molar-refractivity contribution < 1.29 is 9.53 Å². The van der Waals surface area contributed by atoms with Gasteiger partial charge in [-0.25, -0.2) is 0 Å². The summed E-state index contributed by atoms with van der Waals surface area (Å²) in [4.78, 5) is 11.6. The van der Waals surface area contributed by atoms with Crippen LogP contribution in [0.5, 0.6) is 0 Å². The summed E-state index contributed by atoms with van der Waals surface area (Å²) in [5.41, 5.74) is -0.578. The van der Waals surface area contributed by atoms with Gasteiger partial charge in [-0.1, -0.05) is 19.3 Å². The number of hydrogen-bond acceptors (Lipinski definition) is 3. The molecule has 3 heteroatoms. The van der Waals surface area contributed by atoms with E-state index < -0.39 is 5.54 Å². The number of hydrogen-bond donors (Lipinski definition) is 1. The Hall–Kier alpha value is -0.570. The van der Waals surface area contributed by atoms with E-state index in [-0.39, 0.29) is 5.97 Å². The Kier molecular flexibility index (Phi) is 4.78. The molecule has 0 heterocycles. The summed E-state index contributed by atoms with van der Waals surface area (Å²) in [5.74, 6) is 0.521. The van der Waals surface area contributed by atoms with Crippen LogP contribution in [-0.2, 0) is 9.53 Å². The van der Waals surface area contributed by atoms with Crippen LogP contribution < -0.4 is 5.32 Å². The van der Waals surface area contributed by atoms with Gasteiger partial charge in [-0.3, -0.25) is 10.1 Å². The molecular weight excluding hydrogens is 202 g/mol. The van der Waals surface area contributed by atoms with E-state index in [1.54, 1.807) is 0 Å². The van der Waals surface area contributed by atoms with E-state index in [2.05, 4.69) is 12.2 Å². The van der Waals surface area contributed by atoms with Crippen LogP contribution in [0.25, 0.3) is 0 Å². The van der Waals surface area contributed by atoms with Crippen molar-refractivity contribution in [3.05, 3.63) is 0 Å². The average molecular weight is 227 g/mol. The number of rotatable bonds is 4. The second-order valence-corrected chi connectivity index (χ2v) is 5.45. The quantitative estimate of drug-likeness (QED) is 0.750. The highest BCUT2D eigenvalue weighted by molar-refractivity contribution is 5.79. The van der Waals surface area contributed by atoms with Gasteiger partial charge in [-0.15, -0.1) is 0 Å². The number of carbonyl (C=O) groups is 1. The number of carbonyl (C=O) groups excluding carboxylic acids is 1. The molecule has 1 saturated carbocycles. The summed E-state index contributed by atoms with van der Waals surface area (Å²) in [5, 5.41) is 3.40. The Bertz CT molecular complexity index is 232. The van der Waals surface area contributed by atoms with Crippen molar-refractivity contribution in [2.24, 2.45) is 5.92 Å². The molecule has 1 aliphatic carbocycles. The summed E-state index contributed by atoms with van der Waals surface area (Å²) in [6.45, 7) is 5.96. The minimum Gasteiger partial charge on any atom is -0.468 e. The van der Waals surface area contributed by atoms with Gasteiger partial charge in [0.05, 0.1) is 7.11 Å². The molecule has 0 spiro atoms. The Labute approximate surface area is 98.9 Å². The van der Waals surface area contributed by atoms with E-state index in [1.807, 2.05) is 13.8 Å². The van der Waals surface area contributed by atoms with Gasteiger partial charge in [0.15, 0.2) is 0 Å². The van der Waals surface area contributed by atoms with E-state index in [4.69, 9.17) is 4.74 Å². The standard InChI is InChI=1S/C13H25NO2/c1-10(11-8-6-5-7-9-11)14-13(2,3)12(15)16-4/h10-11,14H,5-9H2,1-4H3. The first kappa shape index (κ1) is 13.5. The summed E-state index contributed by atoms with van der Waals surface area (Å²) in [6, 6.07) is 0.384. The molecule has 0 bridgehead atoms. The number of esters is 1. The van der Waals surface area contributed by atoms with Gasteiger partial charge in [0.25, 0.3) is 0 Å². The van der Waals surface area contributed by atoms with Crippen molar-refractivity contribution in [1.82, 2.24) is 5.32 Å². The van der Waals surface area contributed by atoms with Crippen LogP contribution >= 0.6 is 0 Å². The number of nitrogens with one attached hydrogen (secondary N) is 1. The first-order valence-electron chi connectivity index (χ1n) is 6.33. The van der Waals surface area contributed by atoms with E-state index in [9.17, 15) is 4.79 Å². The maximum Gasteiger partial charge on any atom is 0.325 e. The van der Waals surface area contributed by atoms with Crippen molar-refractivity contribution in [3.63, 3.8) is 0 Å². The van der Waals surface area contributed by atoms with Crippen molar-refractivity contribution in [3.8, 4) is 0 Å². The third-order valence-electron chi connectivity index (χ3n) is 3.64. The zero-order valence-electron chi connectivity index (χ0n) is 11.0. The molecule has 1 fully saturated rings. The minimum absolute atomic E-state index is 0.185. The largest absolute Gasteiger partial charge is 0.468 e. The lowest BCUT2D eigenvalue weighted by Crippen LogP contribution is -2.53. The highest BCUT2D eigenvalue weighted by atomic mass is 16.5. The van der Waals surface area contributed by atoms with Crippen molar-refractivity contribution in [2.45, 2.75) is 64.5 Å². The van der Waals surface area contributed by atoms with Crippen LogP contribution in [0, 0.1) is 5.92 Å². The first-order chi connectivity index (χ1) is 7.47. The van der Waals surface area contributed by atoms with Gasteiger partial charge in [-0.2, -0.15) is 0 Å². The summed E-state index contributed by atoms with van der Waals surface area (Å²) < 4.78 is 4.80. The molecular formula is C13H25NO2. The summed E-state index contributed by atoms with van der Waals surface area (Å²) in [6.07, 6.45) is 6.59. The minimum atomic E-state index is -0.578. The maximum absolute atomic E-state index is 11.6. The predicted octanol–water partition coefficient (Wildman–Crippen LogP) is 2.50. The third-order valence-corrected chi connectivity index (χ3v) is 3.64. The lowest BCUT2D eigenvalue weighted by Gasteiger charge is -2.34. The fourth-order valence-corrected chi connectivity index (χ4v) is 2.64. The van der Waals surface area contributed by atoms with Gasteiger partial charge in [0.1, 0.15) is 5.54 Å². The van der Waals surface area contributed by atoms with Crippen LogP contribution in [0.2, 0.25) is 0 Å². The van der Waals surface area contributed by atoms with Crippen molar-refractivity contribution >= 4 is 5.97 Å². The molecule has 1 atom stereocenters. The molecule has 3 nitrogen and oxygen atoms in total. The van der Waals surface area contributed by atoms with Crippen LogP contribution in [0.15, 0.2) is 0 Å². The smallest absolute Gasteiger partial charge is 0.325 e. The molecule has 0 aromatic heterocycles. The molecule has 0 saturated heterocycles. The fourth-order valence-electron chi connectivity index (χ4n) is 2.64. The molecule has 0 aromatic rings. The van der Waals surface area contributed by atoms with Gasteiger partial charge < -0.3 is 4.74 Å². The Morgan fingerprint density at radius 2 is 1.88 bits per heavy atom. The molecule has 16 heavy (non-hydrogen) atoms. The normalized spacial score (nSPS) is 20.5. The molecule has 0 aromatic carbocycles. The second kappa shape index (κ2) is 5.67. The zero-order valence-corrected chi connectivity index (χ0v) is 11.0. The maximum atomic E-state index is 11.6. The van der Waals surface area contributed by atoms with E-state index in [1.165, 1.54) is 39.2 Å². The highest BCUT2D eigenvalue weighted by Gasteiger charge is 2.32. The lowest BCUT2D eigenvalue weighted by atomic mass is 9.83. The third kappa shape index (κ3) is 3.48. The fraction of sp³-hybridized carbons (Fsp3) is 0.923. The monoisotopic (exact) mass is 227 g/mol. The molecule has 0 radical (unpaired) electrons. The SMILES string of the molecule is COC(=O)C(C)(C)NC(C)C1CCCCC1. The lowest BCUT2D eigenvalue weighted by molar-refractivity contribution is -0.147. The van der Waals surface area contributed by atoms with Gasteiger partial charge >= 0.3 is 5.97 Å². The van der Waals surface area contributed by atoms with Crippen molar-refractivity contribution in [1.29, 1.82) is 0 Å². The Morgan fingerprint density at radius 1 is 1.31 bits per heavy atom. The zero-order chi connectivity index (χ0) is 12.2. The molecule has 1 aliphatic rings. The molecule has 1 N–H and O–H groups in total.